The fourth-order valence-corrected chi connectivity index (χ4v) is 2.94. The molecule has 0 atom stereocenters. The smallest absolute Gasteiger partial charge is 0.450 e. The quantitative estimate of drug-likeness (QED) is 0.801. The molecule has 4 heteroatoms. The minimum absolute atomic E-state index is 0.343. The Hall–Kier alpha value is -1.84. The Kier molecular flexibility index (Phi) is 5.37. The SMILES string of the molecule is O=C(O)O.O=C(c1ccc(C2CCCCC2)cc1)C1CC1. The maximum absolute atomic E-state index is 11.9. The highest BCUT2D eigenvalue weighted by atomic mass is 16.6. The van der Waals surface area contributed by atoms with Gasteiger partial charge < -0.3 is 10.2 Å². The fourth-order valence-electron chi connectivity index (χ4n) is 2.94. The largest absolute Gasteiger partial charge is 0.503 e. The van der Waals surface area contributed by atoms with E-state index in [1.165, 1.54) is 37.7 Å². The molecule has 2 aliphatic carbocycles. The Morgan fingerprint density at radius 1 is 0.857 bits per heavy atom. The summed E-state index contributed by atoms with van der Waals surface area (Å²) in [7, 11) is 0. The standard InChI is InChI=1S/C16H20O.CH2O3/c17-16(15-10-11-15)14-8-6-13(7-9-14)12-4-2-1-3-5-12;2-1(3)4/h6-9,12,15H,1-5,10-11H2;(H2,2,3,4). The van der Waals surface area contributed by atoms with Crippen LogP contribution in [0.15, 0.2) is 24.3 Å². The van der Waals surface area contributed by atoms with Gasteiger partial charge >= 0.3 is 6.16 Å². The monoisotopic (exact) mass is 290 g/mol. The Morgan fingerprint density at radius 2 is 1.38 bits per heavy atom. The second-order valence-corrected chi connectivity index (χ2v) is 5.88. The molecule has 1 aromatic carbocycles. The van der Waals surface area contributed by atoms with Crippen molar-refractivity contribution in [2.75, 3.05) is 0 Å². The third-order valence-electron chi connectivity index (χ3n) is 4.22. The first-order valence-corrected chi connectivity index (χ1v) is 7.64. The van der Waals surface area contributed by atoms with Crippen LogP contribution in [0.4, 0.5) is 4.79 Å². The lowest BCUT2D eigenvalue weighted by molar-refractivity contribution is 0.0967. The second kappa shape index (κ2) is 7.25. The molecular weight excluding hydrogens is 268 g/mol. The molecule has 0 aromatic heterocycles. The topological polar surface area (TPSA) is 74.6 Å². The van der Waals surface area contributed by atoms with Gasteiger partial charge in [0.2, 0.25) is 0 Å². The highest BCUT2D eigenvalue weighted by Gasteiger charge is 2.30. The molecular formula is C17H22O4. The summed E-state index contributed by atoms with van der Waals surface area (Å²) < 4.78 is 0. The van der Waals surface area contributed by atoms with Gasteiger partial charge in [-0.25, -0.2) is 4.79 Å². The Morgan fingerprint density at radius 3 is 1.86 bits per heavy atom. The molecule has 0 saturated heterocycles. The number of carbonyl (C=O) groups is 2. The summed E-state index contributed by atoms with van der Waals surface area (Å²) in [5.74, 6) is 1.45. The maximum atomic E-state index is 11.9. The van der Waals surface area contributed by atoms with Crippen molar-refractivity contribution in [3.63, 3.8) is 0 Å². The first kappa shape index (κ1) is 15.5. The van der Waals surface area contributed by atoms with Gasteiger partial charge in [0.15, 0.2) is 5.78 Å². The third-order valence-corrected chi connectivity index (χ3v) is 4.22. The van der Waals surface area contributed by atoms with E-state index in [0.717, 1.165) is 24.3 Å². The van der Waals surface area contributed by atoms with Gasteiger partial charge in [-0.15, -0.1) is 0 Å². The lowest BCUT2D eigenvalue weighted by atomic mass is 9.84. The molecule has 2 fully saturated rings. The van der Waals surface area contributed by atoms with Crippen molar-refractivity contribution in [1.29, 1.82) is 0 Å². The van der Waals surface area contributed by atoms with Crippen LogP contribution in [0, 0.1) is 5.92 Å². The summed E-state index contributed by atoms with van der Waals surface area (Å²) >= 11 is 0. The van der Waals surface area contributed by atoms with Crippen LogP contribution in [0.25, 0.3) is 0 Å². The number of Topliss-reactive ketones (excluding diaryl/α,β-unsaturated/α-hetero) is 1. The van der Waals surface area contributed by atoms with Crippen molar-refractivity contribution in [1.82, 2.24) is 0 Å². The van der Waals surface area contributed by atoms with Crippen LogP contribution in [-0.4, -0.2) is 22.2 Å². The van der Waals surface area contributed by atoms with Gasteiger partial charge in [0.25, 0.3) is 0 Å². The van der Waals surface area contributed by atoms with Crippen LogP contribution < -0.4 is 0 Å². The molecule has 0 aliphatic heterocycles. The van der Waals surface area contributed by atoms with Crippen LogP contribution >= 0.6 is 0 Å². The van der Waals surface area contributed by atoms with Crippen LogP contribution in [0.2, 0.25) is 0 Å². The Balaban J connectivity index is 0.000000361. The van der Waals surface area contributed by atoms with E-state index >= 15 is 0 Å². The number of ketones is 1. The number of hydrogen-bond acceptors (Lipinski definition) is 2. The van der Waals surface area contributed by atoms with Gasteiger partial charge in [-0.3, -0.25) is 4.79 Å². The second-order valence-electron chi connectivity index (χ2n) is 5.88. The summed E-state index contributed by atoms with van der Waals surface area (Å²) in [4.78, 5) is 20.5. The van der Waals surface area contributed by atoms with E-state index in [0.29, 0.717) is 11.7 Å². The fraction of sp³-hybridized carbons (Fsp3) is 0.529. The molecule has 21 heavy (non-hydrogen) atoms. The molecule has 2 N–H and O–H groups in total. The average molecular weight is 290 g/mol. The molecule has 0 heterocycles. The minimum Gasteiger partial charge on any atom is -0.450 e. The normalized spacial score (nSPS) is 18.5. The van der Waals surface area contributed by atoms with Gasteiger partial charge in [0.1, 0.15) is 0 Å². The average Bonchev–Trinajstić information content (AvgIpc) is 3.32. The van der Waals surface area contributed by atoms with Crippen molar-refractivity contribution in [3.8, 4) is 0 Å². The first-order chi connectivity index (χ1) is 10.1. The van der Waals surface area contributed by atoms with Crippen LogP contribution in [0.5, 0.6) is 0 Å². The molecule has 3 rings (SSSR count). The number of carbonyl (C=O) groups excluding carboxylic acids is 1. The molecule has 2 saturated carbocycles. The van der Waals surface area contributed by atoms with Crippen LogP contribution in [0.1, 0.15) is 66.8 Å². The lowest BCUT2D eigenvalue weighted by Gasteiger charge is -2.22. The number of benzene rings is 1. The summed E-state index contributed by atoms with van der Waals surface area (Å²) in [5.41, 5.74) is 2.36. The Labute approximate surface area is 124 Å². The van der Waals surface area contributed by atoms with Gasteiger partial charge in [0.05, 0.1) is 0 Å². The molecule has 2 aliphatic rings. The zero-order valence-corrected chi connectivity index (χ0v) is 12.1. The molecule has 0 unspecified atom stereocenters. The van der Waals surface area contributed by atoms with Crippen molar-refractivity contribution in [3.05, 3.63) is 35.4 Å². The highest BCUT2D eigenvalue weighted by Crippen LogP contribution is 2.35. The van der Waals surface area contributed by atoms with E-state index in [1.54, 1.807) is 0 Å². The third kappa shape index (κ3) is 4.88. The van der Waals surface area contributed by atoms with Crippen molar-refractivity contribution in [2.24, 2.45) is 5.92 Å². The Bertz CT molecular complexity index is 478. The number of carboxylic acid groups (broad SMARTS) is 2. The number of rotatable bonds is 3. The minimum atomic E-state index is -1.83. The van der Waals surface area contributed by atoms with Gasteiger partial charge in [-0.2, -0.15) is 0 Å². The zero-order valence-electron chi connectivity index (χ0n) is 12.1. The molecule has 0 amide bonds. The van der Waals surface area contributed by atoms with Crippen LogP contribution in [-0.2, 0) is 0 Å². The zero-order chi connectivity index (χ0) is 15.2. The van der Waals surface area contributed by atoms with E-state index in [4.69, 9.17) is 15.0 Å². The lowest BCUT2D eigenvalue weighted by Crippen LogP contribution is -2.06. The van der Waals surface area contributed by atoms with Gasteiger partial charge in [-0.1, -0.05) is 43.5 Å². The molecule has 0 spiro atoms. The van der Waals surface area contributed by atoms with Gasteiger partial charge in [-0.05, 0) is 37.2 Å². The maximum Gasteiger partial charge on any atom is 0.503 e. The molecule has 0 bridgehead atoms. The van der Waals surface area contributed by atoms with Crippen LogP contribution in [0.3, 0.4) is 0 Å². The number of hydrogen-bond donors (Lipinski definition) is 2. The van der Waals surface area contributed by atoms with Gasteiger partial charge in [0, 0.05) is 11.5 Å². The van der Waals surface area contributed by atoms with E-state index in [1.807, 2.05) is 12.1 Å². The summed E-state index contributed by atoms with van der Waals surface area (Å²) in [5, 5.41) is 13.9. The van der Waals surface area contributed by atoms with Crippen molar-refractivity contribution in [2.45, 2.75) is 50.9 Å². The molecule has 1 aromatic rings. The van der Waals surface area contributed by atoms with Crippen molar-refractivity contribution >= 4 is 11.9 Å². The first-order valence-electron chi connectivity index (χ1n) is 7.64. The summed E-state index contributed by atoms with van der Waals surface area (Å²) in [6.45, 7) is 0. The molecule has 114 valence electrons. The highest BCUT2D eigenvalue weighted by molar-refractivity contribution is 5.99. The van der Waals surface area contributed by atoms with E-state index in [2.05, 4.69) is 12.1 Å². The van der Waals surface area contributed by atoms with E-state index < -0.39 is 6.16 Å². The van der Waals surface area contributed by atoms with E-state index in [-0.39, 0.29) is 0 Å². The van der Waals surface area contributed by atoms with Crippen molar-refractivity contribution < 1.29 is 19.8 Å². The van der Waals surface area contributed by atoms with E-state index in [9.17, 15) is 4.79 Å². The predicted molar refractivity (Wildman–Crippen MR) is 80.0 cm³/mol. The summed E-state index contributed by atoms with van der Waals surface area (Å²) in [6, 6.07) is 8.46. The molecule has 0 radical (unpaired) electrons. The predicted octanol–water partition coefficient (Wildman–Crippen LogP) is 4.55. The summed E-state index contributed by atoms with van der Waals surface area (Å²) in [6.07, 6.45) is 7.16. The molecule has 4 nitrogen and oxygen atoms in total.